The van der Waals surface area contributed by atoms with E-state index in [1.165, 1.54) is 0 Å². The number of morpholine rings is 1. The molecule has 4 heterocycles. The molecule has 3 aromatic rings. The molecular formula is C26H34N8O2. The number of hydrogen-bond acceptors (Lipinski definition) is 6. The van der Waals surface area contributed by atoms with Crippen LogP contribution >= 0.6 is 0 Å². The molecule has 2 aliphatic heterocycles. The van der Waals surface area contributed by atoms with Crippen molar-refractivity contribution < 1.29 is 9.47 Å². The van der Waals surface area contributed by atoms with E-state index >= 15 is 0 Å². The summed E-state index contributed by atoms with van der Waals surface area (Å²) in [5.41, 5.74) is 3.80. The van der Waals surface area contributed by atoms with Crippen LogP contribution in [0.2, 0.25) is 0 Å². The average molecular weight is 491 g/mol. The van der Waals surface area contributed by atoms with Gasteiger partial charge in [-0.05, 0) is 38.5 Å². The van der Waals surface area contributed by atoms with Gasteiger partial charge >= 0.3 is 0 Å². The molecule has 10 nitrogen and oxygen atoms in total. The molecule has 1 saturated heterocycles. The number of nitrogens with one attached hydrogen (secondary N) is 2. The van der Waals surface area contributed by atoms with E-state index in [4.69, 9.17) is 19.9 Å². The predicted molar refractivity (Wildman–Crippen MR) is 140 cm³/mol. The van der Waals surface area contributed by atoms with Crippen molar-refractivity contribution in [3.05, 3.63) is 42.5 Å². The first-order valence-corrected chi connectivity index (χ1v) is 12.5. The first kappa shape index (κ1) is 24.2. The Morgan fingerprint density at radius 3 is 2.72 bits per heavy atom. The summed E-state index contributed by atoms with van der Waals surface area (Å²) in [7, 11) is 0. The molecule has 2 aliphatic rings. The Kier molecular flexibility index (Phi) is 7.15. The molecule has 1 fully saturated rings. The van der Waals surface area contributed by atoms with Gasteiger partial charge in [-0.25, -0.2) is 9.98 Å². The quantitative estimate of drug-likeness (QED) is 0.407. The second kappa shape index (κ2) is 10.6. The molecule has 0 aliphatic carbocycles. The number of imidazole rings is 1. The molecule has 0 amide bonds. The summed E-state index contributed by atoms with van der Waals surface area (Å²) >= 11 is 0. The van der Waals surface area contributed by atoms with E-state index in [0.29, 0.717) is 19.0 Å². The maximum Gasteiger partial charge on any atom is 0.155 e. The highest BCUT2D eigenvalue weighted by atomic mass is 16.5. The molecule has 0 spiro atoms. The van der Waals surface area contributed by atoms with Crippen LogP contribution in [-0.4, -0.2) is 81.4 Å². The first-order valence-electron chi connectivity index (χ1n) is 12.5. The van der Waals surface area contributed by atoms with Crippen molar-refractivity contribution in [3.8, 4) is 28.3 Å². The van der Waals surface area contributed by atoms with Gasteiger partial charge in [-0.2, -0.15) is 5.10 Å². The lowest BCUT2D eigenvalue weighted by Gasteiger charge is -2.26. The van der Waals surface area contributed by atoms with Crippen molar-refractivity contribution in [2.45, 2.75) is 39.9 Å². The highest BCUT2D eigenvalue weighted by molar-refractivity contribution is 6.04. The standard InChI is InChI=1S/C26H34N8O2/c1-18(2)29-25(30-19(3)27)23-17-33-10-13-36-24-14-20(4-5-22(24)26(33)31-23)21-15-28-34(16-21)7-6-32-8-11-35-12-9-32/h4-5,14-18H,6-13H2,1-3H3,(H2,27,29,30). The zero-order chi connectivity index (χ0) is 25.1. The van der Waals surface area contributed by atoms with Crippen molar-refractivity contribution in [2.75, 3.05) is 39.5 Å². The number of rotatable bonds is 6. The van der Waals surface area contributed by atoms with Gasteiger partial charge in [-0.15, -0.1) is 0 Å². The van der Waals surface area contributed by atoms with E-state index in [0.717, 1.165) is 73.4 Å². The van der Waals surface area contributed by atoms with Crippen LogP contribution in [0.5, 0.6) is 5.75 Å². The topological polar surface area (TPSA) is 106 Å². The van der Waals surface area contributed by atoms with Gasteiger partial charge < -0.3 is 19.4 Å². The van der Waals surface area contributed by atoms with Crippen LogP contribution in [0.4, 0.5) is 0 Å². The minimum Gasteiger partial charge on any atom is -0.491 e. The largest absolute Gasteiger partial charge is 0.491 e. The molecular weight excluding hydrogens is 456 g/mol. The zero-order valence-electron chi connectivity index (χ0n) is 21.2. The summed E-state index contributed by atoms with van der Waals surface area (Å²) in [6.07, 6.45) is 5.99. The summed E-state index contributed by atoms with van der Waals surface area (Å²) < 4.78 is 15.7. The van der Waals surface area contributed by atoms with Crippen LogP contribution in [0.3, 0.4) is 0 Å². The number of fused-ring (bicyclic) bond motifs is 3. The smallest absolute Gasteiger partial charge is 0.155 e. The predicted octanol–water partition coefficient (Wildman–Crippen LogP) is 2.88. The van der Waals surface area contributed by atoms with E-state index in [9.17, 15) is 0 Å². The minimum atomic E-state index is 0.178. The maximum absolute atomic E-state index is 7.82. The third-order valence-corrected chi connectivity index (χ3v) is 6.25. The van der Waals surface area contributed by atoms with Gasteiger partial charge in [0.15, 0.2) is 5.84 Å². The molecule has 10 heteroatoms. The monoisotopic (exact) mass is 490 g/mol. The summed E-state index contributed by atoms with van der Waals surface area (Å²) in [6.45, 7) is 12.4. The van der Waals surface area contributed by atoms with Crippen LogP contribution < -0.4 is 10.1 Å². The van der Waals surface area contributed by atoms with Gasteiger partial charge in [-0.1, -0.05) is 6.07 Å². The van der Waals surface area contributed by atoms with E-state index in [-0.39, 0.29) is 11.9 Å². The normalized spacial score (nSPS) is 16.3. The summed E-state index contributed by atoms with van der Waals surface area (Å²) in [5.74, 6) is 2.50. The highest BCUT2D eigenvalue weighted by Gasteiger charge is 2.21. The molecule has 0 unspecified atom stereocenters. The SMILES string of the molecule is CC(=N)/N=C(\NC(C)C)c1cn2c(n1)-c1ccc(-c3cnn(CCN4CCOCC4)c3)cc1OCC2. The number of benzene rings is 1. The summed E-state index contributed by atoms with van der Waals surface area (Å²) in [5, 5.41) is 15.7. The van der Waals surface area contributed by atoms with Crippen LogP contribution in [-0.2, 0) is 17.8 Å². The molecule has 2 aromatic heterocycles. The van der Waals surface area contributed by atoms with Crippen LogP contribution in [0, 0.1) is 5.41 Å². The Morgan fingerprint density at radius 2 is 1.94 bits per heavy atom. The third-order valence-electron chi connectivity index (χ3n) is 6.25. The number of aliphatic imine (C=N–C) groups is 1. The van der Waals surface area contributed by atoms with Crippen LogP contribution in [0.15, 0.2) is 41.8 Å². The molecule has 2 N–H and O–H groups in total. The molecule has 190 valence electrons. The van der Waals surface area contributed by atoms with E-state index < -0.39 is 0 Å². The molecule has 1 aromatic carbocycles. The average Bonchev–Trinajstić information content (AvgIpc) is 3.47. The highest BCUT2D eigenvalue weighted by Crippen LogP contribution is 2.35. The van der Waals surface area contributed by atoms with Crippen molar-refractivity contribution in [3.63, 3.8) is 0 Å². The van der Waals surface area contributed by atoms with Crippen molar-refractivity contribution in [2.24, 2.45) is 4.99 Å². The lowest BCUT2D eigenvalue weighted by atomic mass is 10.1. The Morgan fingerprint density at radius 1 is 1.11 bits per heavy atom. The maximum atomic E-state index is 7.82. The second-order valence-electron chi connectivity index (χ2n) is 9.49. The van der Waals surface area contributed by atoms with Gasteiger partial charge in [0, 0.05) is 43.6 Å². The zero-order valence-corrected chi connectivity index (χ0v) is 21.2. The molecule has 0 saturated carbocycles. The fourth-order valence-electron chi connectivity index (χ4n) is 4.48. The van der Waals surface area contributed by atoms with Gasteiger partial charge in [-0.3, -0.25) is 15.0 Å². The summed E-state index contributed by atoms with van der Waals surface area (Å²) in [4.78, 5) is 11.7. The lowest BCUT2D eigenvalue weighted by molar-refractivity contribution is 0.0360. The molecule has 0 radical (unpaired) electrons. The van der Waals surface area contributed by atoms with E-state index in [1.54, 1.807) is 6.92 Å². The Balaban J connectivity index is 1.37. The lowest BCUT2D eigenvalue weighted by Crippen LogP contribution is -2.38. The van der Waals surface area contributed by atoms with Gasteiger partial charge in [0.2, 0.25) is 0 Å². The van der Waals surface area contributed by atoms with Crippen molar-refractivity contribution in [1.29, 1.82) is 5.41 Å². The van der Waals surface area contributed by atoms with E-state index in [2.05, 4.69) is 49.3 Å². The van der Waals surface area contributed by atoms with Gasteiger partial charge in [0.25, 0.3) is 0 Å². The Hall–Kier alpha value is -3.50. The fourth-order valence-corrected chi connectivity index (χ4v) is 4.48. The number of hydrogen-bond donors (Lipinski definition) is 2. The number of aromatic nitrogens is 4. The van der Waals surface area contributed by atoms with Crippen molar-refractivity contribution in [1.82, 2.24) is 29.5 Å². The first-order chi connectivity index (χ1) is 17.5. The molecule has 36 heavy (non-hydrogen) atoms. The second-order valence-corrected chi connectivity index (χ2v) is 9.49. The molecule has 0 bridgehead atoms. The minimum absolute atomic E-state index is 0.178. The fraction of sp³-hybridized carbons (Fsp3) is 0.462. The molecule has 0 atom stereocenters. The number of nitrogens with zero attached hydrogens (tertiary/aromatic N) is 6. The van der Waals surface area contributed by atoms with Crippen LogP contribution in [0.1, 0.15) is 26.5 Å². The number of ether oxygens (including phenoxy) is 2. The Labute approximate surface area is 211 Å². The van der Waals surface area contributed by atoms with Crippen molar-refractivity contribution >= 4 is 11.7 Å². The molecule has 5 rings (SSSR count). The van der Waals surface area contributed by atoms with Crippen LogP contribution in [0.25, 0.3) is 22.5 Å². The Bertz CT molecular complexity index is 1250. The number of amidine groups is 2. The van der Waals surface area contributed by atoms with Gasteiger partial charge in [0.1, 0.15) is 29.7 Å². The van der Waals surface area contributed by atoms with E-state index in [1.807, 2.05) is 30.9 Å². The third kappa shape index (κ3) is 5.50. The summed E-state index contributed by atoms with van der Waals surface area (Å²) in [6, 6.07) is 6.42. The van der Waals surface area contributed by atoms with Gasteiger partial charge in [0.05, 0.1) is 38.1 Å².